The van der Waals surface area contributed by atoms with Crippen LogP contribution < -0.4 is 5.32 Å². The van der Waals surface area contributed by atoms with Gasteiger partial charge in [-0.1, -0.05) is 13.5 Å². The first-order valence-corrected chi connectivity index (χ1v) is 2.69. The molecular weight excluding hydrogens is 102 g/mol. The zero-order valence-electron chi connectivity index (χ0n) is 4.90. The van der Waals surface area contributed by atoms with E-state index in [1.54, 1.807) is 0 Å². The topological polar surface area (TPSA) is 29.1 Å². The SMILES string of the molecule is C=C1C(=O)NCC1C. The Morgan fingerprint density at radius 2 is 2.50 bits per heavy atom. The molecule has 0 aliphatic carbocycles. The van der Waals surface area contributed by atoms with Crippen molar-refractivity contribution < 1.29 is 4.79 Å². The Labute approximate surface area is 48.6 Å². The minimum atomic E-state index is 0.0116. The van der Waals surface area contributed by atoms with E-state index < -0.39 is 0 Å². The minimum absolute atomic E-state index is 0.0116. The van der Waals surface area contributed by atoms with E-state index in [-0.39, 0.29) is 5.91 Å². The first-order chi connectivity index (χ1) is 3.72. The maximum atomic E-state index is 10.6. The molecule has 0 aromatic heterocycles. The zero-order valence-corrected chi connectivity index (χ0v) is 4.90. The number of hydrogen-bond donors (Lipinski definition) is 1. The Bertz CT molecular complexity index is 139. The summed E-state index contributed by atoms with van der Waals surface area (Å²) >= 11 is 0. The van der Waals surface area contributed by atoms with Crippen molar-refractivity contribution >= 4 is 5.91 Å². The van der Waals surface area contributed by atoms with Gasteiger partial charge in [0, 0.05) is 18.0 Å². The normalized spacial score (nSPS) is 28.4. The molecule has 2 heteroatoms. The third kappa shape index (κ3) is 0.619. The van der Waals surface area contributed by atoms with Crippen LogP contribution in [0.4, 0.5) is 0 Å². The summed E-state index contributed by atoms with van der Waals surface area (Å²) in [5, 5.41) is 2.68. The Morgan fingerprint density at radius 3 is 2.62 bits per heavy atom. The maximum absolute atomic E-state index is 10.6. The van der Waals surface area contributed by atoms with Crippen LogP contribution in [0.25, 0.3) is 0 Å². The Kier molecular flexibility index (Phi) is 1.08. The first kappa shape index (κ1) is 5.35. The van der Waals surface area contributed by atoms with Crippen LogP contribution in [0, 0.1) is 5.92 Å². The molecule has 0 saturated carbocycles. The van der Waals surface area contributed by atoms with Gasteiger partial charge in [-0.2, -0.15) is 0 Å². The summed E-state index contributed by atoms with van der Waals surface area (Å²) in [7, 11) is 0. The lowest BCUT2D eigenvalue weighted by Crippen LogP contribution is -2.13. The van der Waals surface area contributed by atoms with Crippen LogP contribution in [0.3, 0.4) is 0 Å². The molecule has 0 radical (unpaired) electrons. The van der Waals surface area contributed by atoms with E-state index in [9.17, 15) is 4.79 Å². The van der Waals surface area contributed by atoms with E-state index in [2.05, 4.69) is 11.9 Å². The highest BCUT2D eigenvalue weighted by Gasteiger charge is 2.21. The molecular formula is C6H9NO. The summed E-state index contributed by atoms with van der Waals surface area (Å²) in [5.41, 5.74) is 0.713. The van der Waals surface area contributed by atoms with Crippen molar-refractivity contribution in [2.45, 2.75) is 6.92 Å². The summed E-state index contributed by atoms with van der Waals surface area (Å²) in [4.78, 5) is 10.6. The predicted molar refractivity (Wildman–Crippen MR) is 31.3 cm³/mol. The van der Waals surface area contributed by atoms with Crippen molar-refractivity contribution in [2.24, 2.45) is 5.92 Å². The lowest BCUT2D eigenvalue weighted by Gasteiger charge is -1.93. The molecule has 1 rings (SSSR count). The lowest BCUT2D eigenvalue weighted by atomic mass is 10.1. The smallest absolute Gasteiger partial charge is 0.246 e. The Balaban J connectivity index is 2.71. The minimum Gasteiger partial charge on any atom is -0.352 e. The molecule has 1 amide bonds. The summed E-state index contributed by atoms with van der Waals surface area (Å²) in [6.07, 6.45) is 0. The molecule has 1 saturated heterocycles. The molecule has 1 N–H and O–H groups in total. The predicted octanol–water partition coefficient (Wildman–Crippen LogP) is 0.308. The van der Waals surface area contributed by atoms with Gasteiger partial charge >= 0.3 is 0 Å². The Hall–Kier alpha value is -0.790. The quantitative estimate of drug-likeness (QED) is 0.448. The third-order valence-electron chi connectivity index (χ3n) is 1.46. The molecule has 0 aromatic rings. The summed E-state index contributed by atoms with van der Waals surface area (Å²) in [6.45, 7) is 6.35. The van der Waals surface area contributed by atoms with Crippen LogP contribution in [-0.2, 0) is 4.79 Å². The van der Waals surface area contributed by atoms with E-state index in [1.165, 1.54) is 0 Å². The average molecular weight is 111 g/mol. The van der Waals surface area contributed by atoms with Crippen LogP contribution in [0.1, 0.15) is 6.92 Å². The number of nitrogens with one attached hydrogen (secondary N) is 1. The molecule has 1 heterocycles. The van der Waals surface area contributed by atoms with Crippen LogP contribution >= 0.6 is 0 Å². The highest BCUT2D eigenvalue weighted by molar-refractivity contribution is 5.95. The van der Waals surface area contributed by atoms with Crippen molar-refractivity contribution in [3.8, 4) is 0 Å². The number of hydrogen-bond acceptors (Lipinski definition) is 1. The third-order valence-corrected chi connectivity index (χ3v) is 1.46. The number of amides is 1. The van der Waals surface area contributed by atoms with Gasteiger partial charge in [0.25, 0.3) is 0 Å². The first-order valence-electron chi connectivity index (χ1n) is 2.69. The summed E-state index contributed by atoms with van der Waals surface area (Å²) < 4.78 is 0. The van der Waals surface area contributed by atoms with Crippen molar-refractivity contribution in [2.75, 3.05) is 6.54 Å². The van der Waals surface area contributed by atoms with Gasteiger partial charge in [0.15, 0.2) is 0 Å². The lowest BCUT2D eigenvalue weighted by molar-refractivity contribution is -0.116. The van der Waals surface area contributed by atoms with Gasteiger partial charge in [0.2, 0.25) is 5.91 Å². The van der Waals surface area contributed by atoms with Crippen LogP contribution in [0.5, 0.6) is 0 Å². The molecule has 1 aliphatic heterocycles. The van der Waals surface area contributed by atoms with Gasteiger partial charge in [-0.25, -0.2) is 0 Å². The van der Waals surface area contributed by atoms with Gasteiger partial charge < -0.3 is 5.32 Å². The van der Waals surface area contributed by atoms with Gasteiger partial charge in [-0.15, -0.1) is 0 Å². The largest absolute Gasteiger partial charge is 0.352 e. The molecule has 2 nitrogen and oxygen atoms in total. The number of carbonyl (C=O) groups excluding carboxylic acids is 1. The highest BCUT2D eigenvalue weighted by atomic mass is 16.2. The van der Waals surface area contributed by atoms with Crippen LogP contribution in [0.2, 0.25) is 0 Å². The van der Waals surface area contributed by atoms with Gasteiger partial charge in [0.1, 0.15) is 0 Å². The molecule has 1 atom stereocenters. The van der Waals surface area contributed by atoms with Crippen molar-refractivity contribution in [3.63, 3.8) is 0 Å². The fourth-order valence-corrected chi connectivity index (χ4v) is 0.706. The zero-order chi connectivity index (χ0) is 6.15. The van der Waals surface area contributed by atoms with Gasteiger partial charge in [-0.3, -0.25) is 4.79 Å². The molecule has 1 fully saturated rings. The van der Waals surface area contributed by atoms with Crippen molar-refractivity contribution in [3.05, 3.63) is 12.2 Å². The summed E-state index contributed by atoms with van der Waals surface area (Å²) in [5.74, 6) is 0.347. The molecule has 0 bridgehead atoms. The maximum Gasteiger partial charge on any atom is 0.246 e. The molecule has 1 unspecified atom stereocenters. The van der Waals surface area contributed by atoms with Crippen LogP contribution in [-0.4, -0.2) is 12.5 Å². The van der Waals surface area contributed by atoms with Crippen LogP contribution in [0.15, 0.2) is 12.2 Å². The van der Waals surface area contributed by atoms with E-state index in [1.807, 2.05) is 6.92 Å². The van der Waals surface area contributed by atoms with E-state index in [4.69, 9.17) is 0 Å². The fourth-order valence-electron chi connectivity index (χ4n) is 0.706. The van der Waals surface area contributed by atoms with E-state index >= 15 is 0 Å². The molecule has 1 aliphatic rings. The molecule has 0 spiro atoms. The molecule has 8 heavy (non-hydrogen) atoms. The number of rotatable bonds is 0. The molecule has 44 valence electrons. The monoisotopic (exact) mass is 111 g/mol. The second-order valence-corrected chi connectivity index (χ2v) is 2.14. The second kappa shape index (κ2) is 1.62. The Morgan fingerprint density at radius 1 is 1.88 bits per heavy atom. The molecule has 0 aromatic carbocycles. The fraction of sp³-hybridized carbons (Fsp3) is 0.500. The second-order valence-electron chi connectivity index (χ2n) is 2.14. The van der Waals surface area contributed by atoms with Gasteiger partial charge in [0.05, 0.1) is 0 Å². The average Bonchev–Trinajstić information content (AvgIpc) is 1.98. The summed E-state index contributed by atoms with van der Waals surface area (Å²) in [6, 6.07) is 0. The number of carbonyl (C=O) groups is 1. The van der Waals surface area contributed by atoms with Crippen molar-refractivity contribution in [1.82, 2.24) is 5.32 Å². The van der Waals surface area contributed by atoms with Crippen molar-refractivity contribution in [1.29, 1.82) is 0 Å². The van der Waals surface area contributed by atoms with E-state index in [0.717, 1.165) is 6.54 Å². The van der Waals surface area contributed by atoms with Gasteiger partial charge in [-0.05, 0) is 0 Å². The standard InChI is InChI=1S/C6H9NO/c1-4-3-7-6(8)5(4)2/h4H,2-3H2,1H3,(H,7,8). The highest BCUT2D eigenvalue weighted by Crippen LogP contribution is 2.12. The van der Waals surface area contributed by atoms with E-state index in [0.29, 0.717) is 11.5 Å².